The average molecular weight is 271 g/mol. The summed E-state index contributed by atoms with van der Waals surface area (Å²) in [5.41, 5.74) is -0.157. The highest BCUT2D eigenvalue weighted by molar-refractivity contribution is 6.33. The van der Waals surface area contributed by atoms with Crippen molar-refractivity contribution in [1.82, 2.24) is 4.98 Å². The summed E-state index contributed by atoms with van der Waals surface area (Å²) < 4.78 is 0. The van der Waals surface area contributed by atoms with Gasteiger partial charge in [-0.25, -0.2) is 9.78 Å². The predicted molar refractivity (Wildman–Crippen MR) is 73.4 cm³/mol. The first-order chi connectivity index (χ1) is 8.48. The molecule has 4 nitrogen and oxygen atoms in total. The van der Waals surface area contributed by atoms with Crippen LogP contribution < -0.4 is 5.32 Å². The summed E-state index contributed by atoms with van der Waals surface area (Å²) in [5, 5.41) is 12.5. The molecule has 100 valence electrons. The van der Waals surface area contributed by atoms with Crippen LogP contribution >= 0.6 is 11.6 Å². The molecule has 0 fully saturated rings. The van der Waals surface area contributed by atoms with Gasteiger partial charge in [0.25, 0.3) is 0 Å². The average Bonchev–Trinajstić information content (AvgIpc) is 2.38. The number of rotatable bonds is 6. The molecule has 0 aliphatic heterocycles. The van der Waals surface area contributed by atoms with E-state index in [1.807, 2.05) is 0 Å². The summed E-state index contributed by atoms with van der Waals surface area (Å²) in [5.74, 6) is -0.555. The number of pyridine rings is 1. The third-order valence-corrected chi connectivity index (χ3v) is 3.78. The van der Waals surface area contributed by atoms with Gasteiger partial charge >= 0.3 is 5.97 Å². The lowest BCUT2D eigenvalue weighted by molar-refractivity contribution is 0.0691. The van der Waals surface area contributed by atoms with E-state index in [0.29, 0.717) is 5.82 Å². The van der Waals surface area contributed by atoms with Crippen LogP contribution in [0.5, 0.6) is 0 Å². The molecule has 5 heteroatoms. The number of carboxylic acids is 1. The molecule has 0 radical (unpaired) electrons. The summed E-state index contributed by atoms with van der Waals surface area (Å²) in [4.78, 5) is 15.0. The Balaban J connectivity index is 3.04. The maximum atomic E-state index is 11.0. The van der Waals surface area contributed by atoms with Crippen LogP contribution in [0.3, 0.4) is 0 Å². The van der Waals surface area contributed by atoms with E-state index in [1.165, 1.54) is 0 Å². The summed E-state index contributed by atoms with van der Waals surface area (Å²) in [6.45, 7) is 6.32. The van der Waals surface area contributed by atoms with Crippen LogP contribution in [0.1, 0.15) is 50.5 Å². The van der Waals surface area contributed by atoms with Crippen LogP contribution in [0.25, 0.3) is 0 Å². The number of hydrogen-bond acceptors (Lipinski definition) is 3. The zero-order valence-corrected chi connectivity index (χ0v) is 11.7. The molecule has 0 aromatic carbocycles. The van der Waals surface area contributed by atoms with Gasteiger partial charge in [-0.2, -0.15) is 0 Å². The number of nitrogens with one attached hydrogen (secondary N) is 1. The number of aromatic nitrogens is 1. The molecular formula is C13H19ClN2O2. The molecule has 1 aromatic rings. The van der Waals surface area contributed by atoms with Gasteiger partial charge in [-0.3, -0.25) is 0 Å². The molecule has 0 saturated heterocycles. The fourth-order valence-electron chi connectivity index (χ4n) is 1.95. The fourth-order valence-corrected chi connectivity index (χ4v) is 2.13. The first kappa shape index (κ1) is 14.8. The minimum Gasteiger partial charge on any atom is -0.476 e. The number of carbonyl (C=O) groups is 1. The van der Waals surface area contributed by atoms with Gasteiger partial charge in [-0.05, 0) is 31.4 Å². The number of halogens is 1. The lowest BCUT2D eigenvalue weighted by Gasteiger charge is -2.32. The Morgan fingerprint density at radius 2 is 1.89 bits per heavy atom. The van der Waals surface area contributed by atoms with Gasteiger partial charge in [0.15, 0.2) is 5.69 Å². The quantitative estimate of drug-likeness (QED) is 0.825. The lowest BCUT2D eigenvalue weighted by atomic mass is 9.90. The second kappa shape index (κ2) is 6.05. The SMILES string of the molecule is CCC(CC)(CC)Nc1ccc(Cl)c(C(=O)O)n1. The zero-order valence-electron chi connectivity index (χ0n) is 11.0. The first-order valence-electron chi connectivity index (χ1n) is 6.16. The Morgan fingerprint density at radius 3 is 2.33 bits per heavy atom. The van der Waals surface area contributed by atoms with Gasteiger partial charge in [0.1, 0.15) is 5.82 Å². The molecule has 18 heavy (non-hydrogen) atoms. The minimum atomic E-state index is -1.11. The summed E-state index contributed by atoms with van der Waals surface area (Å²) in [6, 6.07) is 3.27. The van der Waals surface area contributed by atoms with Gasteiger partial charge in [-0.15, -0.1) is 0 Å². The van der Waals surface area contributed by atoms with Crippen LogP contribution in [-0.4, -0.2) is 21.6 Å². The number of hydrogen-bond donors (Lipinski definition) is 2. The van der Waals surface area contributed by atoms with E-state index in [2.05, 4.69) is 31.1 Å². The summed E-state index contributed by atoms with van der Waals surface area (Å²) >= 11 is 5.79. The van der Waals surface area contributed by atoms with Crippen molar-refractivity contribution < 1.29 is 9.90 Å². The van der Waals surface area contributed by atoms with Crippen molar-refractivity contribution >= 4 is 23.4 Å². The van der Waals surface area contributed by atoms with Gasteiger partial charge < -0.3 is 10.4 Å². The molecule has 0 atom stereocenters. The Morgan fingerprint density at radius 1 is 1.33 bits per heavy atom. The molecule has 1 heterocycles. The van der Waals surface area contributed by atoms with Gasteiger partial charge in [0.2, 0.25) is 0 Å². The highest BCUT2D eigenvalue weighted by Gasteiger charge is 2.24. The van der Waals surface area contributed by atoms with Gasteiger partial charge in [-0.1, -0.05) is 32.4 Å². The monoisotopic (exact) mass is 270 g/mol. The Hall–Kier alpha value is -1.29. The third-order valence-electron chi connectivity index (χ3n) is 3.47. The van der Waals surface area contributed by atoms with Crippen LogP contribution in [-0.2, 0) is 0 Å². The smallest absolute Gasteiger partial charge is 0.356 e. The van der Waals surface area contributed by atoms with Crippen molar-refractivity contribution in [2.24, 2.45) is 0 Å². The number of carboxylic acid groups (broad SMARTS) is 1. The first-order valence-corrected chi connectivity index (χ1v) is 6.53. The molecule has 1 rings (SSSR count). The van der Waals surface area contributed by atoms with Crippen molar-refractivity contribution in [3.8, 4) is 0 Å². The van der Waals surface area contributed by atoms with Crippen molar-refractivity contribution in [3.05, 3.63) is 22.8 Å². The predicted octanol–water partition coefficient (Wildman–Crippen LogP) is 3.81. The van der Waals surface area contributed by atoms with Crippen molar-refractivity contribution in [2.45, 2.75) is 45.6 Å². The second-order valence-corrected chi connectivity index (χ2v) is 4.71. The van der Waals surface area contributed by atoms with E-state index in [0.717, 1.165) is 19.3 Å². The highest BCUT2D eigenvalue weighted by Crippen LogP contribution is 2.26. The molecule has 0 aliphatic rings. The van der Waals surface area contributed by atoms with Crippen molar-refractivity contribution in [2.75, 3.05) is 5.32 Å². The molecule has 0 amide bonds. The van der Waals surface area contributed by atoms with Crippen LogP contribution in [0.2, 0.25) is 5.02 Å². The molecule has 0 unspecified atom stereocenters. The maximum absolute atomic E-state index is 11.0. The second-order valence-electron chi connectivity index (χ2n) is 4.30. The van der Waals surface area contributed by atoms with Crippen LogP contribution in [0, 0.1) is 0 Å². The highest BCUT2D eigenvalue weighted by atomic mass is 35.5. The van der Waals surface area contributed by atoms with Crippen molar-refractivity contribution in [1.29, 1.82) is 0 Å². The molecule has 0 spiro atoms. The Kier molecular flexibility index (Phi) is 4.96. The van der Waals surface area contributed by atoms with Crippen LogP contribution in [0.4, 0.5) is 5.82 Å². The van der Waals surface area contributed by atoms with Crippen LogP contribution in [0.15, 0.2) is 12.1 Å². The largest absolute Gasteiger partial charge is 0.476 e. The standard InChI is InChI=1S/C13H19ClN2O2/c1-4-13(5-2,6-3)16-10-8-7-9(14)11(15-10)12(17)18/h7-8H,4-6H2,1-3H3,(H,15,16)(H,17,18). The normalized spacial score (nSPS) is 11.3. The van der Waals surface area contributed by atoms with Gasteiger partial charge in [0, 0.05) is 5.54 Å². The topological polar surface area (TPSA) is 62.2 Å². The minimum absolute atomic E-state index is 0.0450. The van der Waals surface area contributed by atoms with E-state index < -0.39 is 5.97 Å². The van der Waals surface area contributed by atoms with E-state index >= 15 is 0 Å². The lowest BCUT2D eigenvalue weighted by Crippen LogP contribution is -2.36. The third kappa shape index (κ3) is 3.13. The zero-order chi connectivity index (χ0) is 13.8. The molecule has 0 bridgehead atoms. The Labute approximate surface area is 112 Å². The number of anilines is 1. The molecular weight excluding hydrogens is 252 g/mol. The van der Waals surface area contributed by atoms with E-state index in [-0.39, 0.29) is 16.3 Å². The fraction of sp³-hybridized carbons (Fsp3) is 0.538. The van der Waals surface area contributed by atoms with Crippen molar-refractivity contribution in [3.63, 3.8) is 0 Å². The maximum Gasteiger partial charge on any atom is 0.356 e. The number of aromatic carboxylic acids is 1. The molecule has 0 saturated carbocycles. The van der Waals surface area contributed by atoms with E-state index in [1.54, 1.807) is 12.1 Å². The van der Waals surface area contributed by atoms with E-state index in [4.69, 9.17) is 16.7 Å². The molecule has 0 aliphatic carbocycles. The molecule has 2 N–H and O–H groups in total. The van der Waals surface area contributed by atoms with E-state index in [9.17, 15) is 4.79 Å². The summed E-state index contributed by atoms with van der Waals surface area (Å²) in [6.07, 6.45) is 2.85. The number of nitrogens with zero attached hydrogens (tertiary/aromatic N) is 1. The van der Waals surface area contributed by atoms with Gasteiger partial charge in [0.05, 0.1) is 5.02 Å². The molecule has 1 aromatic heterocycles. The summed E-state index contributed by atoms with van der Waals surface area (Å²) in [7, 11) is 0. The Bertz CT molecular complexity index is 423.